The molecule has 1 unspecified atom stereocenters. The first kappa shape index (κ1) is 12.4. The maximum Gasteiger partial charge on any atom is 0.0605 e. The molecule has 3 rings (SSSR count). The molecule has 2 aliphatic carbocycles. The lowest BCUT2D eigenvalue weighted by Gasteiger charge is -2.13. The lowest BCUT2D eigenvalue weighted by molar-refractivity contribution is 0.689. The van der Waals surface area contributed by atoms with Crippen LogP contribution < -0.4 is 5.73 Å². The zero-order valence-electron chi connectivity index (χ0n) is 11.1. The number of fused-ring (bicyclic) bond motifs is 1. The Bertz CT molecular complexity index is 420. The number of hydrogen-bond acceptors (Lipinski definition) is 2. The molecular weight excluding hydrogens is 238 g/mol. The van der Waals surface area contributed by atoms with Crippen molar-refractivity contribution in [3.05, 3.63) is 33.0 Å². The summed E-state index contributed by atoms with van der Waals surface area (Å²) in [6, 6.07) is 2.58. The fourth-order valence-electron chi connectivity index (χ4n) is 3.17. The van der Waals surface area contributed by atoms with E-state index < -0.39 is 0 Å². The molecule has 0 saturated heterocycles. The van der Waals surface area contributed by atoms with Crippen molar-refractivity contribution in [2.24, 2.45) is 5.73 Å². The Hall–Kier alpha value is -0.600. The van der Waals surface area contributed by atoms with Gasteiger partial charge in [0, 0.05) is 9.75 Å². The van der Waals surface area contributed by atoms with Gasteiger partial charge in [0.15, 0.2) is 0 Å². The minimum Gasteiger partial charge on any atom is -0.320 e. The van der Waals surface area contributed by atoms with Crippen molar-refractivity contribution in [2.75, 3.05) is 0 Å². The monoisotopic (exact) mass is 261 g/mol. The van der Waals surface area contributed by atoms with Crippen LogP contribution in [-0.4, -0.2) is 0 Å². The van der Waals surface area contributed by atoms with Crippen LogP contribution >= 0.6 is 11.3 Å². The van der Waals surface area contributed by atoms with Gasteiger partial charge in [-0.05, 0) is 63.0 Å². The van der Waals surface area contributed by atoms with Crippen LogP contribution in [-0.2, 0) is 12.8 Å². The lowest BCUT2D eigenvalue weighted by Crippen LogP contribution is -2.11. The van der Waals surface area contributed by atoms with Gasteiger partial charge in [0.05, 0.1) is 6.04 Å². The molecule has 0 fully saturated rings. The molecule has 0 radical (unpaired) electrons. The van der Waals surface area contributed by atoms with E-state index in [-0.39, 0.29) is 6.04 Å². The Morgan fingerprint density at radius 3 is 2.72 bits per heavy atom. The first-order valence-electron chi connectivity index (χ1n) is 7.40. The molecule has 1 heterocycles. The van der Waals surface area contributed by atoms with Gasteiger partial charge in [-0.2, -0.15) is 0 Å². The summed E-state index contributed by atoms with van der Waals surface area (Å²) in [5.74, 6) is 0. The predicted molar refractivity (Wildman–Crippen MR) is 79.1 cm³/mol. The molecule has 1 aromatic heterocycles. The Morgan fingerprint density at radius 1 is 1.00 bits per heavy atom. The molecule has 98 valence electrons. The van der Waals surface area contributed by atoms with E-state index >= 15 is 0 Å². The van der Waals surface area contributed by atoms with Crippen LogP contribution in [0.15, 0.2) is 17.7 Å². The van der Waals surface area contributed by atoms with Crippen molar-refractivity contribution in [2.45, 2.75) is 63.8 Å². The summed E-state index contributed by atoms with van der Waals surface area (Å²) in [5, 5.41) is 0. The number of thiophene rings is 1. The second kappa shape index (κ2) is 5.58. The summed E-state index contributed by atoms with van der Waals surface area (Å²) in [6.45, 7) is 0. The zero-order chi connectivity index (χ0) is 12.4. The van der Waals surface area contributed by atoms with Gasteiger partial charge in [0.25, 0.3) is 0 Å². The van der Waals surface area contributed by atoms with Gasteiger partial charge < -0.3 is 5.73 Å². The fourth-order valence-corrected chi connectivity index (χ4v) is 4.47. The minimum atomic E-state index is 0.179. The van der Waals surface area contributed by atoms with E-state index in [0.29, 0.717) is 0 Å². The fraction of sp³-hybridized carbons (Fsp3) is 0.625. The zero-order valence-corrected chi connectivity index (χ0v) is 11.9. The van der Waals surface area contributed by atoms with Gasteiger partial charge in [-0.3, -0.25) is 0 Å². The average molecular weight is 261 g/mol. The summed E-state index contributed by atoms with van der Waals surface area (Å²) in [4.78, 5) is 3.02. The smallest absolute Gasteiger partial charge is 0.0605 e. The Morgan fingerprint density at radius 2 is 1.83 bits per heavy atom. The highest BCUT2D eigenvalue weighted by molar-refractivity contribution is 7.12. The standard InChI is InChI=1S/C16H23NS/c17-16(12-7-3-1-2-4-8-12)15-11-13-9-5-6-10-14(13)18-15/h7,11,16H,1-6,8-10,17H2. The average Bonchev–Trinajstić information content (AvgIpc) is 2.64. The van der Waals surface area contributed by atoms with Crippen LogP contribution in [0.25, 0.3) is 0 Å². The van der Waals surface area contributed by atoms with Gasteiger partial charge in [-0.1, -0.05) is 18.1 Å². The lowest BCUT2D eigenvalue weighted by atomic mass is 9.97. The third-order valence-electron chi connectivity index (χ3n) is 4.30. The number of nitrogens with two attached hydrogens (primary N) is 1. The van der Waals surface area contributed by atoms with Crippen molar-refractivity contribution in [1.29, 1.82) is 0 Å². The van der Waals surface area contributed by atoms with E-state index in [1.54, 1.807) is 10.4 Å². The number of hydrogen-bond donors (Lipinski definition) is 1. The summed E-state index contributed by atoms with van der Waals surface area (Å²) in [6.07, 6.45) is 14.2. The molecule has 2 heteroatoms. The van der Waals surface area contributed by atoms with Gasteiger partial charge in [-0.25, -0.2) is 0 Å². The van der Waals surface area contributed by atoms with E-state index in [1.165, 1.54) is 68.2 Å². The van der Waals surface area contributed by atoms with Crippen LogP contribution in [0.3, 0.4) is 0 Å². The molecule has 2 N–H and O–H groups in total. The van der Waals surface area contributed by atoms with Gasteiger partial charge >= 0.3 is 0 Å². The minimum absolute atomic E-state index is 0.179. The van der Waals surface area contributed by atoms with Crippen LogP contribution in [0.2, 0.25) is 0 Å². The molecule has 18 heavy (non-hydrogen) atoms. The van der Waals surface area contributed by atoms with Gasteiger partial charge in [0.1, 0.15) is 0 Å². The van der Waals surface area contributed by atoms with Gasteiger partial charge in [-0.15, -0.1) is 11.3 Å². The molecular formula is C16H23NS. The second-order valence-electron chi connectivity index (χ2n) is 5.66. The van der Waals surface area contributed by atoms with Crippen molar-refractivity contribution >= 4 is 11.3 Å². The van der Waals surface area contributed by atoms with E-state index in [1.807, 2.05) is 11.3 Å². The maximum absolute atomic E-state index is 6.49. The molecule has 0 aromatic carbocycles. The van der Waals surface area contributed by atoms with Crippen molar-refractivity contribution in [3.8, 4) is 0 Å². The first-order chi connectivity index (χ1) is 8.84. The molecule has 0 amide bonds. The summed E-state index contributed by atoms with van der Waals surface area (Å²) in [7, 11) is 0. The highest BCUT2D eigenvalue weighted by atomic mass is 32.1. The number of allylic oxidation sites excluding steroid dienone is 1. The molecule has 2 aliphatic rings. The van der Waals surface area contributed by atoms with Crippen molar-refractivity contribution in [3.63, 3.8) is 0 Å². The summed E-state index contributed by atoms with van der Waals surface area (Å²) >= 11 is 1.98. The molecule has 0 bridgehead atoms. The van der Waals surface area contributed by atoms with Crippen LogP contribution in [0, 0.1) is 0 Å². The third kappa shape index (κ3) is 2.55. The topological polar surface area (TPSA) is 26.0 Å². The van der Waals surface area contributed by atoms with E-state index in [9.17, 15) is 0 Å². The normalized spacial score (nSPS) is 21.9. The van der Waals surface area contributed by atoms with E-state index in [0.717, 1.165) is 0 Å². The number of rotatable bonds is 2. The maximum atomic E-state index is 6.49. The first-order valence-corrected chi connectivity index (χ1v) is 8.22. The summed E-state index contributed by atoms with van der Waals surface area (Å²) in [5.41, 5.74) is 9.57. The molecule has 0 saturated carbocycles. The largest absolute Gasteiger partial charge is 0.320 e. The Labute approximate surface area is 114 Å². The highest BCUT2D eigenvalue weighted by Crippen LogP contribution is 2.36. The molecule has 1 nitrogen and oxygen atoms in total. The Kier molecular flexibility index (Phi) is 3.86. The third-order valence-corrected chi connectivity index (χ3v) is 5.62. The molecule has 0 aliphatic heterocycles. The van der Waals surface area contributed by atoms with Crippen molar-refractivity contribution in [1.82, 2.24) is 0 Å². The quantitative estimate of drug-likeness (QED) is 0.778. The molecule has 1 aromatic rings. The number of aryl methyl sites for hydroxylation is 2. The predicted octanol–water partition coefficient (Wildman–Crippen LogP) is 4.52. The van der Waals surface area contributed by atoms with E-state index in [2.05, 4.69) is 12.1 Å². The van der Waals surface area contributed by atoms with Crippen LogP contribution in [0.1, 0.15) is 66.3 Å². The van der Waals surface area contributed by atoms with Crippen LogP contribution in [0.4, 0.5) is 0 Å². The molecule has 1 atom stereocenters. The second-order valence-corrected chi connectivity index (χ2v) is 6.83. The summed E-state index contributed by atoms with van der Waals surface area (Å²) < 4.78 is 0. The Balaban J connectivity index is 1.80. The van der Waals surface area contributed by atoms with E-state index in [4.69, 9.17) is 5.73 Å². The van der Waals surface area contributed by atoms with Crippen LogP contribution in [0.5, 0.6) is 0 Å². The van der Waals surface area contributed by atoms with Crippen molar-refractivity contribution < 1.29 is 0 Å². The molecule has 0 spiro atoms. The highest BCUT2D eigenvalue weighted by Gasteiger charge is 2.19. The SMILES string of the molecule is NC(C1=CCCCCC1)c1cc2c(s1)CCCC2. The van der Waals surface area contributed by atoms with Gasteiger partial charge in [0.2, 0.25) is 0 Å².